The highest BCUT2D eigenvalue weighted by Gasteiger charge is 2.50. The zero-order chi connectivity index (χ0) is 27.4. The number of benzene rings is 3. The Labute approximate surface area is 220 Å². The van der Waals surface area contributed by atoms with Gasteiger partial charge in [-0.05, 0) is 23.3 Å². The Bertz CT molecular complexity index is 1290. The van der Waals surface area contributed by atoms with Gasteiger partial charge in [-0.3, -0.25) is 9.59 Å². The molecule has 1 aliphatic rings. The summed E-state index contributed by atoms with van der Waals surface area (Å²) in [6.45, 7) is -0.504. The van der Waals surface area contributed by atoms with Crippen molar-refractivity contribution in [3.63, 3.8) is 0 Å². The highest BCUT2D eigenvalue weighted by molar-refractivity contribution is 6.07. The molecule has 0 bridgehead atoms. The maximum absolute atomic E-state index is 13.7. The van der Waals surface area contributed by atoms with Crippen LogP contribution in [0.1, 0.15) is 23.1 Å². The summed E-state index contributed by atoms with van der Waals surface area (Å²) >= 11 is 0. The van der Waals surface area contributed by atoms with Crippen molar-refractivity contribution in [3.05, 3.63) is 71.8 Å². The van der Waals surface area contributed by atoms with E-state index >= 15 is 0 Å². The summed E-state index contributed by atoms with van der Waals surface area (Å²) in [5.41, 5.74) is 8.23. The Hall–Kier alpha value is -4.28. The molecule has 0 aliphatic carbocycles. The summed E-state index contributed by atoms with van der Waals surface area (Å²) in [5.74, 6) is 0.500. The fourth-order valence-electron chi connectivity index (χ4n) is 4.63. The molecule has 1 saturated heterocycles. The van der Waals surface area contributed by atoms with Gasteiger partial charge in [-0.15, -0.1) is 0 Å². The minimum absolute atomic E-state index is 0.112. The van der Waals surface area contributed by atoms with Crippen LogP contribution in [-0.4, -0.2) is 58.0 Å². The second-order valence-corrected chi connectivity index (χ2v) is 8.66. The normalized spacial score (nSPS) is 17.3. The molecule has 0 aromatic heterocycles. The van der Waals surface area contributed by atoms with Gasteiger partial charge in [-0.1, -0.05) is 36.4 Å². The number of amides is 2. The number of ether oxygens (including phenoxy) is 4. The van der Waals surface area contributed by atoms with Gasteiger partial charge in [0.2, 0.25) is 17.6 Å². The third-order valence-corrected chi connectivity index (χ3v) is 6.54. The molecule has 10 nitrogen and oxygen atoms in total. The number of nitrogens with zero attached hydrogens (tertiary/aromatic N) is 1. The second-order valence-electron chi connectivity index (χ2n) is 8.66. The molecule has 200 valence electrons. The highest BCUT2D eigenvalue weighted by Crippen LogP contribution is 2.52. The fraction of sp³-hybridized carbons (Fsp3) is 0.286. The quantitative estimate of drug-likeness (QED) is 0.347. The monoisotopic (exact) mass is 521 g/mol. The molecule has 10 heteroatoms. The van der Waals surface area contributed by atoms with E-state index in [2.05, 4.69) is 5.32 Å². The number of nitrogens with two attached hydrogens (primary N) is 1. The number of methoxy groups -OCH3 is 4. The molecular weight excluding hydrogens is 490 g/mol. The van der Waals surface area contributed by atoms with Crippen LogP contribution in [-0.2, 0) is 9.59 Å². The van der Waals surface area contributed by atoms with Crippen molar-refractivity contribution in [1.82, 2.24) is 0 Å². The minimum atomic E-state index is -1.10. The molecule has 3 aromatic carbocycles. The lowest BCUT2D eigenvalue weighted by molar-refractivity contribution is -0.126. The van der Waals surface area contributed by atoms with Crippen molar-refractivity contribution in [2.75, 3.05) is 45.3 Å². The Balaban J connectivity index is 1.83. The van der Waals surface area contributed by atoms with Gasteiger partial charge in [0, 0.05) is 12.1 Å². The summed E-state index contributed by atoms with van der Waals surface area (Å²) in [6, 6.07) is 16.7. The molecule has 0 saturated carbocycles. The van der Waals surface area contributed by atoms with Crippen LogP contribution in [0.2, 0.25) is 0 Å². The van der Waals surface area contributed by atoms with E-state index < -0.39 is 30.5 Å². The van der Waals surface area contributed by atoms with E-state index in [4.69, 9.17) is 24.7 Å². The topological polar surface area (TPSA) is 133 Å². The number of hydrogen-bond donors (Lipinski definition) is 3. The van der Waals surface area contributed by atoms with Gasteiger partial charge in [0.05, 0.1) is 58.4 Å². The average molecular weight is 522 g/mol. The predicted octanol–water partition coefficient (Wildman–Crippen LogP) is 2.85. The van der Waals surface area contributed by atoms with Gasteiger partial charge in [-0.25, -0.2) is 0 Å². The zero-order valence-electron chi connectivity index (χ0n) is 21.6. The van der Waals surface area contributed by atoms with Crippen LogP contribution in [0.3, 0.4) is 0 Å². The van der Waals surface area contributed by atoms with Crippen molar-refractivity contribution in [3.8, 4) is 23.0 Å². The number of hydrogen-bond acceptors (Lipinski definition) is 8. The Morgan fingerprint density at radius 2 is 1.55 bits per heavy atom. The first-order valence-corrected chi connectivity index (χ1v) is 11.9. The zero-order valence-corrected chi connectivity index (χ0v) is 21.6. The van der Waals surface area contributed by atoms with Gasteiger partial charge < -0.3 is 40.0 Å². The minimum Gasteiger partial charge on any atom is -0.495 e. The average Bonchev–Trinajstić information content (AvgIpc) is 2.95. The van der Waals surface area contributed by atoms with E-state index in [9.17, 15) is 14.7 Å². The molecule has 3 atom stereocenters. The molecule has 38 heavy (non-hydrogen) atoms. The third-order valence-electron chi connectivity index (χ3n) is 6.54. The maximum Gasteiger partial charge on any atom is 0.243 e. The highest BCUT2D eigenvalue weighted by atomic mass is 16.5. The summed E-state index contributed by atoms with van der Waals surface area (Å²) in [7, 11) is 6.02. The molecule has 2 amide bonds. The van der Waals surface area contributed by atoms with Crippen LogP contribution in [0.25, 0.3) is 0 Å². The smallest absolute Gasteiger partial charge is 0.243 e. The van der Waals surface area contributed by atoms with Crippen molar-refractivity contribution < 1.29 is 33.6 Å². The van der Waals surface area contributed by atoms with E-state index in [1.165, 1.54) is 28.4 Å². The lowest BCUT2D eigenvalue weighted by Gasteiger charge is -2.48. The fourth-order valence-corrected chi connectivity index (χ4v) is 4.63. The summed E-state index contributed by atoms with van der Waals surface area (Å²) in [6.07, 6.45) is 0. The van der Waals surface area contributed by atoms with Gasteiger partial charge in [0.1, 0.15) is 11.8 Å². The number of anilines is 2. The molecule has 0 unspecified atom stereocenters. The first kappa shape index (κ1) is 26.8. The van der Waals surface area contributed by atoms with E-state index in [0.717, 1.165) is 11.1 Å². The van der Waals surface area contributed by atoms with Crippen molar-refractivity contribution in [1.29, 1.82) is 0 Å². The summed E-state index contributed by atoms with van der Waals surface area (Å²) in [4.78, 5) is 27.8. The lowest BCUT2D eigenvalue weighted by Crippen LogP contribution is -2.53. The Kier molecular flexibility index (Phi) is 8.04. The summed E-state index contributed by atoms with van der Waals surface area (Å²) < 4.78 is 21.9. The predicted molar refractivity (Wildman–Crippen MR) is 142 cm³/mol. The molecule has 1 fully saturated rings. The standard InChI is InChI=1S/C28H31N3O7/c1-35-21-11-10-17(12-20(21)30-27(33)19(29)15-32)25-24(16-8-6-5-7-9-16)28(34)31(25)18-13-22(36-2)26(38-4)23(14-18)37-3/h5-14,19,24-25,32H,15,29H2,1-4H3,(H,30,33)/t19-,24-,25-/m0/s1. The van der Waals surface area contributed by atoms with Crippen LogP contribution >= 0.6 is 0 Å². The molecular formula is C28H31N3O7. The van der Waals surface area contributed by atoms with Crippen LogP contribution < -0.4 is 34.9 Å². The SMILES string of the molecule is COc1ccc([C@H]2[C@H](c3ccccc3)C(=O)N2c2cc(OC)c(OC)c(OC)c2)cc1NC(=O)[C@@H](N)CO. The number of rotatable bonds is 10. The van der Waals surface area contributed by atoms with Gasteiger partial charge >= 0.3 is 0 Å². The van der Waals surface area contributed by atoms with E-state index in [1.807, 2.05) is 36.4 Å². The van der Waals surface area contributed by atoms with Crippen molar-refractivity contribution >= 4 is 23.2 Å². The number of aliphatic hydroxyl groups excluding tert-OH is 1. The van der Waals surface area contributed by atoms with Gasteiger partial charge in [0.25, 0.3) is 0 Å². The molecule has 1 aliphatic heterocycles. The molecule has 0 spiro atoms. The molecule has 4 rings (SSSR count). The number of carbonyl (C=O) groups is 2. The van der Waals surface area contributed by atoms with Crippen LogP contribution in [0.4, 0.5) is 11.4 Å². The first-order chi connectivity index (χ1) is 18.4. The third kappa shape index (κ3) is 4.83. The van der Waals surface area contributed by atoms with E-state index in [1.54, 1.807) is 29.2 Å². The van der Waals surface area contributed by atoms with E-state index in [0.29, 0.717) is 34.4 Å². The largest absolute Gasteiger partial charge is 0.495 e. The van der Waals surface area contributed by atoms with Crippen molar-refractivity contribution in [2.24, 2.45) is 5.73 Å². The molecule has 0 radical (unpaired) electrons. The Morgan fingerprint density at radius 1 is 0.921 bits per heavy atom. The second kappa shape index (κ2) is 11.4. The number of β-lactam (4-membered cyclic amide) rings is 1. The van der Waals surface area contributed by atoms with E-state index in [-0.39, 0.29) is 5.91 Å². The number of carbonyl (C=O) groups excluding carboxylic acids is 2. The maximum atomic E-state index is 13.7. The number of aliphatic hydroxyl groups is 1. The Morgan fingerprint density at radius 3 is 2.11 bits per heavy atom. The van der Waals surface area contributed by atoms with Crippen LogP contribution in [0.5, 0.6) is 23.0 Å². The van der Waals surface area contributed by atoms with Crippen molar-refractivity contribution in [2.45, 2.75) is 18.0 Å². The first-order valence-electron chi connectivity index (χ1n) is 11.9. The van der Waals surface area contributed by atoms with Crippen LogP contribution in [0.15, 0.2) is 60.7 Å². The lowest BCUT2D eigenvalue weighted by atomic mass is 9.77. The molecule has 3 aromatic rings. The molecule has 4 N–H and O–H groups in total. The van der Waals surface area contributed by atoms with Crippen LogP contribution in [0, 0.1) is 0 Å². The van der Waals surface area contributed by atoms with Gasteiger partial charge in [0.15, 0.2) is 11.5 Å². The summed E-state index contributed by atoms with van der Waals surface area (Å²) in [5, 5.41) is 12.0. The molecule has 1 heterocycles. The van der Waals surface area contributed by atoms with Gasteiger partial charge in [-0.2, -0.15) is 0 Å². The number of nitrogens with one attached hydrogen (secondary N) is 1.